The average Bonchev–Trinajstić information content (AvgIpc) is 2.95. The number of hydrogen-bond acceptors (Lipinski definition) is 5. The van der Waals surface area contributed by atoms with E-state index < -0.39 is 9.04 Å². The fraction of sp³-hybridized carbons (Fsp3) is 0.850. The molecule has 0 unspecified atom stereocenters. The summed E-state index contributed by atoms with van der Waals surface area (Å²) < 4.78 is 11.5. The van der Waals surface area contributed by atoms with Crippen LogP contribution in [0.3, 0.4) is 0 Å². The number of carbonyl (C=O) groups is 2. The Kier molecular flexibility index (Phi) is 7.31. The van der Waals surface area contributed by atoms with Gasteiger partial charge in [-0.2, -0.15) is 0 Å². The third kappa shape index (κ3) is 4.76. The van der Waals surface area contributed by atoms with Gasteiger partial charge in [0.1, 0.15) is 6.61 Å². The van der Waals surface area contributed by atoms with Gasteiger partial charge in [0.25, 0.3) is 5.17 Å². The van der Waals surface area contributed by atoms with Gasteiger partial charge in [0.2, 0.25) is 11.8 Å². The lowest BCUT2D eigenvalue weighted by Crippen LogP contribution is -2.67. The summed E-state index contributed by atoms with van der Waals surface area (Å²) in [7, 11) is -1.20. The van der Waals surface area contributed by atoms with E-state index in [2.05, 4.69) is 53.0 Å². The summed E-state index contributed by atoms with van der Waals surface area (Å²) in [6.07, 6.45) is 0. The Hall–Kier alpha value is -0.993. The number of β-lactam (4-membered cyclic amide) rings is 1. The van der Waals surface area contributed by atoms with Crippen molar-refractivity contribution in [2.75, 3.05) is 13.2 Å². The van der Waals surface area contributed by atoms with Crippen LogP contribution >= 0.6 is 12.2 Å². The van der Waals surface area contributed by atoms with Gasteiger partial charge in [0.05, 0.1) is 23.9 Å². The van der Waals surface area contributed by atoms with Gasteiger partial charge in [-0.3, -0.25) is 14.5 Å². The van der Waals surface area contributed by atoms with Crippen LogP contribution in [0.1, 0.15) is 41.5 Å². The van der Waals surface area contributed by atoms with Crippen LogP contribution in [0.25, 0.3) is 0 Å². The van der Waals surface area contributed by atoms with E-state index in [0.717, 1.165) is 0 Å². The summed E-state index contributed by atoms with van der Waals surface area (Å²) in [6.45, 7) is 17.7. The van der Waals surface area contributed by atoms with Crippen molar-refractivity contribution < 1.29 is 18.8 Å². The van der Waals surface area contributed by atoms with Crippen molar-refractivity contribution in [2.24, 2.45) is 29.1 Å². The molecule has 1 N–H and O–H groups in total. The van der Waals surface area contributed by atoms with Crippen molar-refractivity contribution in [2.45, 2.75) is 66.7 Å². The predicted octanol–water partition coefficient (Wildman–Crippen LogP) is 2.57. The first-order chi connectivity index (χ1) is 12.9. The molecule has 6 nitrogen and oxygen atoms in total. The van der Waals surface area contributed by atoms with E-state index in [9.17, 15) is 9.59 Å². The van der Waals surface area contributed by atoms with Crippen LogP contribution in [0.2, 0.25) is 13.1 Å². The third-order valence-electron chi connectivity index (χ3n) is 5.99. The molecule has 2 aliphatic heterocycles. The first-order valence-electron chi connectivity index (χ1n) is 10.3. The molecule has 28 heavy (non-hydrogen) atoms. The van der Waals surface area contributed by atoms with Gasteiger partial charge in [-0.25, -0.2) is 0 Å². The van der Waals surface area contributed by atoms with Gasteiger partial charge >= 0.3 is 0 Å². The Morgan fingerprint density at radius 3 is 2.43 bits per heavy atom. The second kappa shape index (κ2) is 8.79. The third-order valence-corrected chi connectivity index (χ3v) is 7.17. The number of ether oxygens (including phenoxy) is 1. The van der Waals surface area contributed by atoms with Crippen LogP contribution < -0.4 is 5.32 Å². The Balaban J connectivity index is 2.19. The van der Waals surface area contributed by atoms with Gasteiger partial charge in [-0.05, 0) is 42.6 Å². The number of nitrogens with one attached hydrogen (secondary N) is 1. The summed E-state index contributed by atoms with van der Waals surface area (Å²) in [5.41, 5.74) is -0.0980. The maximum absolute atomic E-state index is 13.3. The molecule has 0 bridgehead atoms. The van der Waals surface area contributed by atoms with Crippen molar-refractivity contribution in [1.29, 1.82) is 0 Å². The maximum atomic E-state index is 13.3. The summed E-state index contributed by atoms with van der Waals surface area (Å²) in [4.78, 5) is 27.4. The van der Waals surface area contributed by atoms with Crippen LogP contribution in [0, 0.1) is 29.1 Å². The van der Waals surface area contributed by atoms with Gasteiger partial charge < -0.3 is 14.5 Å². The summed E-state index contributed by atoms with van der Waals surface area (Å²) in [5, 5.41) is 3.23. The fourth-order valence-electron chi connectivity index (χ4n) is 4.03. The molecule has 5 atom stereocenters. The van der Waals surface area contributed by atoms with Crippen LogP contribution in [-0.4, -0.2) is 56.2 Å². The van der Waals surface area contributed by atoms with Gasteiger partial charge in [-0.15, -0.1) is 0 Å². The quantitative estimate of drug-likeness (QED) is 0.383. The number of nitrogens with zero attached hydrogens (tertiary/aromatic N) is 1. The Morgan fingerprint density at radius 1 is 1.36 bits per heavy atom. The summed E-state index contributed by atoms with van der Waals surface area (Å²) >= 11 is 5.29. The lowest BCUT2D eigenvalue weighted by molar-refractivity contribution is -0.149. The fourth-order valence-corrected chi connectivity index (χ4v) is 4.91. The monoisotopic (exact) mass is 428 g/mol. The summed E-state index contributed by atoms with van der Waals surface area (Å²) in [6, 6.07) is -0.261. The minimum Gasteiger partial charge on any atom is -0.468 e. The van der Waals surface area contributed by atoms with E-state index in [4.69, 9.17) is 21.4 Å². The van der Waals surface area contributed by atoms with E-state index >= 15 is 0 Å². The van der Waals surface area contributed by atoms with Crippen molar-refractivity contribution in [1.82, 2.24) is 10.2 Å². The number of rotatable bonds is 7. The Morgan fingerprint density at radius 2 is 1.96 bits per heavy atom. The second-order valence-electron chi connectivity index (χ2n) is 9.80. The highest BCUT2D eigenvalue weighted by Crippen LogP contribution is 2.40. The molecule has 2 saturated heterocycles. The summed E-state index contributed by atoms with van der Waals surface area (Å²) in [5.74, 6) is -0.359. The number of thiocarbonyl (C=S) groups is 1. The van der Waals surface area contributed by atoms with E-state index in [1.54, 1.807) is 4.90 Å². The van der Waals surface area contributed by atoms with Gasteiger partial charge in [-0.1, -0.05) is 41.5 Å². The smallest absolute Gasteiger partial charge is 0.266 e. The molecule has 2 rings (SSSR count). The molecule has 0 radical (unpaired) electrons. The van der Waals surface area contributed by atoms with Crippen molar-refractivity contribution >= 4 is 38.2 Å². The molecular weight excluding hydrogens is 392 g/mol. The zero-order chi connectivity index (χ0) is 21.4. The highest BCUT2D eigenvalue weighted by atomic mass is 32.1. The number of carbonyl (C=O) groups excluding carboxylic acids is 2. The van der Waals surface area contributed by atoms with Crippen molar-refractivity contribution in [3.8, 4) is 0 Å². The zero-order valence-electron chi connectivity index (χ0n) is 18.4. The molecule has 2 fully saturated rings. The van der Waals surface area contributed by atoms with Crippen LogP contribution in [-0.2, 0) is 18.8 Å². The lowest BCUT2D eigenvalue weighted by atomic mass is 9.65. The minimum absolute atomic E-state index is 0.0132. The van der Waals surface area contributed by atoms with Crippen molar-refractivity contribution in [3.63, 3.8) is 0 Å². The molecule has 2 aliphatic rings. The normalized spacial score (nSPS) is 27.5. The molecule has 0 aromatic rings. The molecule has 0 saturated carbocycles. The Labute approximate surface area is 176 Å². The van der Waals surface area contributed by atoms with E-state index in [1.165, 1.54) is 0 Å². The molecule has 0 aliphatic carbocycles. The number of hydrogen-bond donors (Lipinski definition) is 1. The predicted molar refractivity (Wildman–Crippen MR) is 116 cm³/mol. The lowest BCUT2D eigenvalue weighted by Gasteiger charge is -2.48. The maximum Gasteiger partial charge on any atom is 0.266 e. The molecule has 2 amide bonds. The van der Waals surface area contributed by atoms with Crippen LogP contribution in [0.15, 0.2) is 0 Å². The van der Waals surface area contributed by atoms with Crippen LogP contribution in [0.5, 0.6) is 0 Å². The van der Waals surface area contributed by atoms with Crippen LogP contribution in [0.4, 0.5) is 0 Å². The van der Waals surface area contributed by atoms with Gasteiger partial charge in [0, 0.05) is 6.61 Å². The standard InChI is InChI=1S/C20H36N2O4SSi/c1-11(2)14-10-25-19(27)22(14)18(24)12(3)16-15(17(23)21-16)13(20(4,5)6)9-26-28(7)8/h11-16,28H,9-10H2,1-8H3,(H,21,23)/t12-,13-,14-,15+,16-/m1/s1. The topological polar surface area (TPSA) is 67.9 Å². The first kappa shape index (κ1) is 23.3. The molecule has 0 spiro atoms. The molecule has 2 heterocycles. The molecule has 160 valence electrons. The van der Waals surface area contributed by atoms with E-state index in [0.29, 0.717) is 13.2 Å². The Bertz CT molecular complexity index is 620. The number of amides is 2. The van der Waals surface area contributed by atoms with Crippen molar-refractivity contribution in [3.05, 3.63) is 0 Å². The molecule has 0 aromatic carbocycles. The second-order valence-corrected chi connectivity index (χ2v) is 12.6. The molecular formula is C20H36N2O4SSi. The highest BCUT2D eigenvalue weighted by Gasteiger charge is 2.53. The SMILES string of the molecule is CC(C)[C@H]1COC(=S)N1C(=O)[C@H](C)[C@H]1NC(=O)[C@H]1[C@@H](CO[SiH](C)C)C(C)(C)C. The van der Waals surface area contributed by atoms with Gasteiger partial charge in [0.15, 0.2) is 9.04 Å². The first-order valence-corrected chi connectivity index (χ1v) is 13.5. The average molecular weight is 429 g/mol. The van der Waals surface area contributed by atoms with E-state index in [1.807, 2.05) is 6.92 Å². The molecule has 8 heteroatoms. The minimum atomic E-state index is -1.20. The largest absolute Gasteiger partial charge is 0.468 e. The molecule has 0 aromatic heterocycles. The zero-order valence-corrected chi connectivity index (χ0v) is 20.4. The highest BCUT2D eigenvalue weighted by molar-refractivity contribution is 7.80. The van der Waals surface area contributed by atoms with E-state index in [-0.39, 0.29) is 58.2 Å².